The van der Waals surface area contributed by atoms with Crippen LogP contribution in [0.4, 0.5) is 0 Å². The van der Waals surface area contributed by atoms with Crippen LogP contribution in [0.1, 0.15) is 15.9 Å². The van der Waals surface area contributed by atoms with Gasteiger partial charge in [0.2, 0.25) is 0 Å². The highest BCUT2D eigenvalue weighted by atomic mass is 16.5. The van der Waals surface area contributed by atoms with Crippen LogP contribution in [0, 0.1) is 0 Å². The molecule has 0 bridgehead atoms. The van der Waals surface area contributed by atoms with E-state index in [9.17, 15) is 4.79 Å². The first-order valence-electron chi connectivity index (χ1n) is 6.70. The largest absolute Gasteiger partial charge is 0.497 e. The smallest absolute Gasteiger partial charge is 0.338 e. The normalized spacial score (nSPS) is 9.95. The fourth-order valence-electron chi connectivity index (χ4n) is 1.97. The molecule has 0 amide bonds. The van der Waals surface area contributed by atoms with Crippen molar-refractivity contribution in [3.05, 3.63) is 53.6 Å². The van der Waals surface area contributed by atoms with Gasteiger partial charge >= 0.3 is 5.97 Å². The maximum Gasteiger partial charge on any atom is 0.338 e. The second-order valence-electron chi connectivity index (χ2n) is 4.49. The predicted octanol–water partition coefficient (Wildman–Crippen LogP) is 3.07. The van der Waals surface area contributed by atoms with Gasteiger partial charge in [0.15, 0.2) is 0 Å². The molecule has 0 fully saturated rings. The van der Waals surface area contributed by atoms with E-state index in [4.69, 9.17) is 18.9 Å². The SMILES string of the molecule is COc1cc(OC)cc(C(=O)OCc2ccccc2OC)c1. The highest BCUT2D eigenvalue weighted by Gasteiger charge is 2.12. The quantitative estimate of drug-likeness (QED) is 0.768. The minimum Gasteiger partial charge on any atom is -0.497 e. The minimum atomic E-state index is -0.455. The van der Waals surface area contributed by atoms with E-state index >= 15 is 0 Å². The first kappa shape index (κ1) is 15.7. The van der Waals surface area contributed by atoms with E-state index in [1.54, 1.807) is 25.3 Å². The molecule has 5 heteroatoms. The Morgan fingerprint density at radius 2 is 1.55 bits per heavy atom. The molecule has 2 aromatic rings. The molecule has 0 aliphatic rings. The van der Waals surface area contributed by atoms with Gasteiger partial charge < -0.3 is 18.9 Å². The summed E-state index contributed by atoms with van der Waals surface area (Å²) in [6.07, 6.45) is 0. The van der Waals surface area contributed by atoms with Gasteiger partial charge in [0.1, 0.15) is 23.9 Å². The molecule has 0 aromatic heterocycles. The molecule has 116 valence electrons. The Morgan fingerprint density at radius 3 is 2.14 bits per heavy atom. The maximum absolute atomic E-state index is 12.2. The monoisotopic (exact) mass is 302 g/mol. The van der Waals surface area contributed by atoms with E-state index in [2.05, 4.69) is 0 Å². The first-order chi connectivity index (χ1) is 10.7. The third-order valence-electron chi connectivity index (χ3n) is 3.14. The number of ether oxygens (including phenoxy) is 4. The van der Waals surface area contributed by atoms with E-state index in [-0.39, 0.29) is 6.61 Å². The Balaban J connectivity index is 2.12. The van der Waals surface area contributed by atoms with Crippen molar-refractivity contribution in [2.45, 2.75) is 6.61 Å². The highest BCUT2D eigenvalue weighted by molar-refractivity contribution is 5.90. The number of hydrogen-bond donors (Lipinski definition) is 0. The summed E-state index contributed by atoms with van der Waals surface area (Å²) >= 11 is 0. The van der Waals surface area contributed by atoms with E-state index < -0.39 is 5.97 Å². The molecule has 0 saturated heterocycles. The lowest BCUT2D eigenvalue weighted by Gasteiger charge is -2.10. The van der Waals surface area contributed by atoms with Crippen molar-refractivity contribution in [3.63, 3.8) is 0 Å². The van der Waals surface area contributed by atoms with Crippen LogP contribution in [0.5, 0.6) is 17.2 Å². The molecular formula is C17H18O5. The number of methoxy groups -OCH3 is 3. The summed E-state index contributed by atoms with van der Waals surface area (Å²) in [6, 6.07) is 12.3. The lowest BCUT2D eigenvalue weighted by molar-refractivity contribution is 0.0469. The molecule has 22 heavy (non-hydrogen) atoms. The van der Waals surface area contributed by atoms with Crippen LogP contribution >= 0.6 is 0 Å². The summed E-state index contributed by atoms with van der Waals surface area (Å²) in [5.74, 6) is 1.29. The highest BCUT2D eigenvalue weighted by Crippen LogP contribution is 2.24. The van der Waals surface area contributed by atoms with Crippen molar-refractivity contribution in [2.24, 2.45) is 0 Å². The number of rotatable bonds is 6. The van der Waals surface area contributed by atoms with Gasteiger partial charge in [-0.05, 0) is 18.2 Å². The maximum atomic E-state index is 12.2. The fraction of sp³-hybridized carbons (Fsp3) is 0.235. The van der Waals surface area contributed by atoms with E-state index in [0.29, 0.717) is 22.8 Å². The van der Waals surface area contributed by atoms with Crippen LogP contribution < -0.4 is 14.2 Å². The summed E-state index contributed by atoms with van der Waals surface area (Å²) in [4.78, 5) is 12.2. The van der Waals surface area contributed by atoms with Crippen molar-refractivity contribution in [2.75, 3.05) is 21.3 Å². The predicted molar refractivity (Wildman–Crippen MR) is 81.7 cm³/mol. The Bertz CT molecular complexity index is 629. The number of carbonyl (C=O) groups excluding carboxylic acids is 1. The molecular weight excluding hydrogens is 284 g/mol. The summed E-state index contributed by atoms with van der Waals surface area (Å²) in [5, 5.41) is 0. The average molecular weight is 302 g/mol. The Hall–Kier alpha value is -2.69. The van der Waals surface area contributed by atoms with Crippen molar-refractivity contribution in [1.82, 2.24) is 0 Å². The van der Waals surface area contributed by atoms with Crippen molar-refractivity contribution in [1.29, 1.82) is 0 Å². The topological polar surface area (TPSA) is 54.0 Å². The molecule has 0 radical (unpaired) electrons. The number of para-hydroxylation sites is 1. The molecule has 0 unspecified atom stereocenters. The second-order valence-corrected chi connectivity index (χ2v) is 4.49. The van der Waals surface area contributed by atoms with Crippen molar-refractivity contribution < 1.29 is 23.7 Å². The molecule has 0 atom stereocenters. The third-order valence-corrected chi connectivity index (χ3v) is 3.14. The number of esters is 1. The van der Waals surface area contributed by atoms with Crippen LogP contribution in [-0.4, -0.2) is 27.3 Å². The minimum absolute atomic E-state index is 0.127. The van der Waals surface area contributed by atoms with Gasteiger partial charge in [-0.2, -0.15) is 0 Å². The second kappa shape index (κ2) is 7.36. The summed E-state index contributed by atoms with van der Waals surface area (Å²) in [5.41, 5.74) is 1.17. The number of benzene rings is 2. The first-order valence-corrected chi connectivity index (χ1v) is 6.70. The van der Waals surface area contributed by atoms with E-state index in [0.717, 1.165) is 5.56 Å². The van der Waals surface area contributed by atoms with Crippen molar-refractivity contribution >= 4 is 5.97 Å². The Kier molecular flexibility index (Phi) is 5.25. The van der Waals surface area contributed by atoms with Crippen LogP contribution in [0.3, 0.4) is 0 Å². The summed E-state index contributed by atoms with van der Waals surface area (Å²) in [7, 11) is 4.63. The van der Waals surface area contributed by atoms with Gasteiger partial charge in [0, 0.05) is 11.6 Å². The Labute approximate surface area is 129 Å². The van der Waals surface area contributed by atoms with Crippen LogP contribution in [0.2, 0.25) is 0 Å². The Morgan fingerprint density at radius 1 is 0.909 bits per heavy atom. The number of hydrogen-bond acceptors (Lipinski definition) is 5. The standard InChI is InChI=1S/C17H18O5/c1-19-14-8-13(9-15(10-14)20-2)17(18)22-11-12-6-4-5-7-16(12)21-3/h4-10H,11H2,1-3H3. The van der Waals surface area contributed by atoms with Crippen LogP contribution in [0.15, 0.2) is 42.5 Å². The third kappa shape index (κ3) is 3.69. The van der Waals surface area contributed by atoms with Crippen molar-refractivity contribution in [3.8, 4) is 17.2 Å². The van der Waals surface area contributed by atoms with Gasteiger partial charge in [-0.3, -0.25) is 0 Å². The van der Waals surface area contributed by atoms with Gasteiger partial charge in [-0.15, -0.1) is 0 Å². The lowest BCUT2D eigenvalue weighted by Crippen LogP contribution is -2.06. The molecule has 0 spiro atoms. The molecule has 0 aliphatic carbocycles. The van der Waals surface area contributed by atoms with E-state index in [1.807, 2.05) is 24.3 Å². The van der Waals surface area contributed by atoms with Crippen LogP contribution in [-0.2, 0) is 11.3 Å². The molecule has 0 saturated carbocycles. The summed E-state index contributed by atoms with van der Waals surface area (Å²) < 4.78 is 20.8. The molecule has 0 N–H and O–H groups in total. The van der Waals surface area contributed by atoms with Gasteiger partial charge in [0.25, 0.3) is 0 Å². The number of carbonyl (C=O) groups is 1. The molecule has 2 aromatic carbocycles. The lowest BCUT2D eigenvalue weighted by atomic mass is 10.2. The fourth-order valence-corrected chi connectivity index (χ4v) is 1.97. The molecule has 5 nitrogen and oxygen atoms in total. The zero-order chi connectivity index (χ0) is 15.9. The molecule has 0 aliphatic heterocycles. The van der Waals surface area contributed by atoms with Crippen LogP contribution in [0.25, 0.3) is 0 Å². The molecule has 2 rings (SSSR count). The van der Waals surface area contributed by atoms with Gasteiger partial charge in [-0.25, -0.2) is 4.79 Å². The van der Waals surface area contributed by atoms with Gasteiger partial charge in [0.05, 0.1) is 26.9 Å². The zero-order valence-corrected chi connectivity index (χ0v) is 12.8. The van der Waals surface area contributed by atoms with E-state index in [1.165, 1.54) is 14.2 Å². The average Bonchev–Trinajstić information content (AvgIpc) is 2.59. The van der Waals surface area contributed by atoms with Gasteiger partial charge in [-0.1, -0.05) is 18.2 Å². The summed E-state index contributed by atoms with van der Waals surface area (Å²) in [6.45, 7) is 0.127. The molecule has 0 heterocycles. The zero-order valence-electron chi connectivity index (χ0n) is 12.8.